The Hall–Kier alpha value is -0.150. The molecule has 2 atom stereocenters. The maximum atomic E-state index is 5.59. The predicted octanol–water partition coefficient (Wildman–Crippen LogP) is 2.42. The van der Waals surface area contributed by atoms with Crippen molar-refractivity contribution in [3.8, 4) is 0 Å². The zero-order valence-electron chi connectivity index (χ0n) is 10.4. The van der Waals surface area contributed by atoms with Crippen molar-refractivity contribution in [2.45, 2.75) is 46.6 Å². The number of hydrogen-bond acceptors (Lipinski definition) is 2. The van der Waals surface area contributed by atoms with Gasteiger partial charge in [-0.3, -0.25) is 4.90 Å². The Morgan fingerprint density at radius 2 is 2.13 bits per heavy atom. The van der Waals surface area contributed by atoms with Crippen LogP contribution in [-0.4, -0.2) is 29.0 Å². The maximum absolute atomic E-state index is 5.59. The van der Waals surface area contributed by atoms with E-state index in [0.717, 1.165) is 12.3 Å². The Balaban J connectivity index is 2.45. The maximum Gasteiger partial charge on any atom is 0.0742 e. The van der Waals surface area contributed by atoms with Crippen LogP contribution in [-0.2, 0) is 0 Å². The molecule has 0 aromatic heterocycles. The lowest BCUT2D eigenvalue weighted by Crippen LogP contribution is -2.35. The molecule has 2 nitrogen and oxygen atoms in total. The second kappa shape index (κ2) is 4.79. The van der Waals surface area contributed by atoms with Gasteiger partial charge in [0.15, 0.2) is 0 Å². The molecule has 1 rings (SSSR count). The highest BCUT2D eigenvalue weighted by Gasteiger charge is 2.33. The van der Waals surface area contributed by atoms with Crippen LogP contribution in [0.3, 0.4) is 0 Å². The molecule has 0 spiro atoms. The number of thiocarbonyl (C=S) groups is 1. The van der Waals surface area contributed by atoms with Crippen LogP contribution in [0.4, 0.5) is 0 Å². The molecule has 1 saturated heterocycles. The summed E-state index contributed by atoms with van der Waals surface area (Å²) in [6.45, 7) is 11.6. The highest BCUT2D eigenvalue weighted by Crippen LogP contribution is 2.34. The van der Waals surface area contributed by atoms with Gasteiger partial charge < -0.3 is 5.73 Å². The molecule has 1 aliphatic heterocycles. The van der Waals surface area contributed by atoms with Gasteiger partial charge in [0.25, 0.3) is 0 Å². The SMILES string of the molecule is CC(CC(N)=S)N1CCC(C(C)(C)C)C1. The second-order valence-corrected chi connectivity index (χ2v) is 6.39. The average molecular weight is 228 g/mol. The van der Waals surface area contributed by atoms with Crippen molar-refractivity contribution >= 4 is 17.2 Å². The highest BCUT2D eigenvalue weighted by atomic mass is 32.1. The Bertz CT molecular complexity index is 232. The summed E-state index contributed by atoms with van der Waals surface area (Å²) in [6.07, 6.45) is 2.16. The fraction of sp³-hybridized carbons (Fsp3) is 0.917. The lowest BCUT2D eigenvalue weighted by atomic mass is 9.80. The van der Waals surface area contributed by atoms with Crippen LogP contribution in [0.2, 0.25) is 0 Å². The van der Waals surface area contributed by atoms with Crippen molar-refractivity contribution < 1.29 is 0 Å². The van der Waals surface area contributed by atoms with Crippen molar-refractivity contribution in [2.24, 2.45) is 17.1 Å². The highest BCUT2D eigenvalue weighted by molar-refractivity contribution is 7.80. The molecule has 2 unspecified atom stereocenters. The summed E-state index contributed by atoms with van der Waals surface area (Å²) in [6, 6.07) is 0.509. The smallest absolute Gasteiger partial charge is 0.0742 e. The number of likely N-dealkylation sites (tertiary alicyclic amines) is 1. The van der Waals surface area contributed by atoms with E-state index in [1.807, 2.05) is 0 Å². The van der Waals surface area contributed by atoms with E-state index in [-0.39, 0.29) is 0 Å². The van der Waals surface area contributed by atoms with Crippen LogP contribution in [0.1, 0.15) is 40.5 Å². The lowest BCUT2D eigenvalue weighted by Gasteiger charge is -2.29. The third-order valence-electron chi connectivity index (χ3n) is 3.56. The van der Waals surface area contributed by atoms with Crippen LogP contribution in [0, 0.1) is 11.3 Å². The number of rotatable bonds is 3. The lowest BCUT2D eigenvalue weighted by molar-refractivity contribution is 0.204. The summed E-state index contributed by atoms with van der Waals surface area (Å²) < 4.78 is 0. The molecule has 0 bridgehead atoms. The van der Waals surface area contributed by atoms with Gasteiger partial charge in [0.05, 0.1) is 4.99 Å². The molecule has 0 amide bonds. The predicted molar refractivity (Wildman–Crippen MR) is 70.0 cm³/mol. The van der Waals surface area contributed by atoms with E-state index >= 15 is 0 Å². The fourth-order valence-corrected chi connectivity index (χ4v) is 2.56. The van der Waals surface area contributed by atoms with Gasteiger partial charge in [-0.15, -0.1) is 0 Å². The van der Waals surface area contributed by atoms with Gasteiger partial charge in [0, 0.05) is 19.0 Å². The third kappa shape index (κ3) is 3.72. The quantitative estimate of drug-likeness (QED) is 0.752. The molecule has 1 fully saturated rings. The minimum atomic E-state index is 0.428. The first-order valence-corrected chi connectivity index (χ1v) is 6.24. The second-order valence-electron chi connectivity index (χ2n) is 5.87. The molecular weight excluding hydrogens is 204 g/mol. The van der Waals surface area contributed by atoms with Gasteiger partial charge in [-0.1, -0.05) is 33.0 Å². The summed E-state index contributed by atoms with van der Waals surface area (Å²) in [5, 5.41) is 0. The molecule has 0 aliphatic carbocycles. The summed E-state index contributed by atoms with van der Waals surface area (Å²) >= 11 is 4.96. The molecular formula is C12H24N2S. The standard InChI is InChI=1S/C12H24N2S/c1-9(7-11(13)15)14-6-5-10(8-14)12(2,3)4/h9-10H,5-8H2,1-4H3,(H2,13,15). The van der Waals surface area contributed by atoms with Crippen LogP contribution in [0.25, 0.3) is 0 Å². The third-order valence-corrected chi connectivity index (χ3v) is 3.73. The van der Waals surface area contributed by atoms with Crippen LogP contribution >= 0.6 is 12.2 Å². The molecule has 0 aromatic carbocycles. The van der Waals surface area contributed by atoms with E-state index in [2.05, 4.69) is 32.6 Å². The molecule has 0 aromatic rings. The molecule has 0 radical (unpaired) electrons. The van der Waals surface area contributed by atoms with Crippen LogP contribution in [0.15, 0.2) is 0 Å². The Kier molecular flexibility index (Phi) is 4.13. The average Bonchev–Trinajstić information content (AvgIpc) is 2.48. The minimum absolute atomic E-state index is 0.428. The summed E-state index contributed by atoms with van der Waals surface area (Å²) in [7, 11) is 0. The van der Waals surface area contributed by atoms with Gasteiger partial charge in [0.2, 0.25) is 0 Å². The van der Waals surface area contributed by atoms with Crippen LogP contribution < -0.4 is 5.73 Å². The van der Waals surface area contributed by atoms with E-state index in [0.29, 0.717) is 16.4 Å². The topological polar surface area (TPSA) is 29.3 Å². The normalized spacial score (nSPS) is 25.5. The van der Waals surface area contributed by atoms with Gasteiger partial charge in [-0.05, 0) is 31.2 Å². The molecule has 2 N–H and O–H groups in total. The van der Waals surface area contributed by atoms with Crippen LogP contribution in [0.5, 0.6) is 0 Å². The molecule has 15 heavy (non-hydrogen) atoms. The fourth-order valence-electron chi connectivity index (χ4n) is 2.31. The van der Waals surface area contributed by atoms with Crippen molar-refractivity contribution in [1.82, 2.24) is 4.90 Å². The first-order chi connectivity index (χ1) is 6.80. The van der Waals surface area contributed by atoms with Gasteiger partial charge in [-0.2, -0.15) is 0 Å². The Morgan fingerprint density at radius 3 is 2.53 bits per heavy atom. The zero-order chi connectivity index (χ0) is 11.6. The van der Waals surface area contributed by atoms with E-state index in [9.17, 15) is 0 Å². The van der Waals surface area contributed by atoms with Crippen molar-refractivity contribution in [1.29, 1.82) is 0 Å². The van der Waals surface area contributed by atoms with Gasteiger partial charge in [-0.25, -0.2) is 0 Å². The molecule has 88 valence electrons. The molecule has 1 aliphatic rings. The Labute approximate surface area is 99.2 Å². The molecule has 1 heterocycles. The van der Waals surface area contributed by atoms with Crippen molar-refractivity contribution in [2.75, 3.05) is 13.1 Å². The monoisotopic (exact) mass is 228 g/mol. The summed E-state index contributed by atoms with van der Waals surface area (Å²) in [4.78, 5) is 3.16. The van der Waals surface area contributed by atoms with E-state index in [1.165, 1.54) is 19.5 Å². The molecule has 0 saturated carbocycles. The Morgan fingerprint density at radius 1 is 1.53 bits per heavy atom. The van der Waals surface area contributed by atoms with Crippen molar-refractivity contribution in [3.63, 3.8) is 0 Å². The summed E-state index contributed by atoms with van der Waals surface area (Å²) in [5.41, 5.74) is 6.01. The first-order valence-electron chi connectivity index (χ1n) is 5.83. The molecule has 3 heteroatoms. The first kappa shape index (κ1) is 12.9. The number of nitrogens with two attached hydrogens (primary N) is 1. The zero-order valence-corrected chi connectivity index (χ0v) is 11.2. The van der Waals surface area contributed by atoms with E-state index in [4.69, 9.17) is 18.0 Å². The number of hydrogen-bond donors (Lipinski definition) is 1. The van der Waals surface area contributed by atoms with E-state index in [1.54, 1.807) is 0 Å². The van der Waals surface area contributed by atoms with Gasteiger partial charge >= 0.3 is 0 Å². The minimum Gasteiger partial charge on any atom is -0.393 e. The number of nitrogens with zero attached hydrogens (tertiary/aromatic N) is 1. The van der Waals surface area contributed by atoms with E-state index < -0.39 is 0 Å². The summed E-state index contributed by atoms with van der Waals surface area (Å²) in [5.74, 6) is 0.811. The largest absolute Gasteiger partial charge is 0.393 e. The van der Waals surface area contributed by atoms with Gasteiger partial charge in [0.1, 0.15) is 0 Å². The van der Waals surface area contributed by atoms with Crippen molar-refractivity contribution in [3.05, 3.63) is 0 Å².